The second-order valence-corrected chi connectivity index (χ2v) is 4.46. The van der Waals surface area contributed by atoms with Crippen LogP contribution >= 0.6 is 11.8 Å². The van der Waals surface area contributed by atoms with Gasteiger partial charge in [-0.15, -0.1) is 11.8 Å². The molecule has 0 saturated carbocycles. The normalized spacial score (nSPS) is 9.39. The van der Waals surface area contributed by atoms with Crippen LogP contribution in [-0.2, 0) is 4.79 Å². The van der Waals surface area contributed by atoms with Crippen molar-refractivity contribution in [1.82, 2.24) is 0 Å². The molecule has 0 aliphatic heterocycles. The number of rotatable bonds is 6. The van der Waals surface area contributed by atoms with Crippen LogP contribution in [0.2, 0.25) is 0 Å². The molecule has 0 unspecified atom stereocenters. The molecule has 0 heterocycles. The average Bonchev–Trinajstić information content (AvgIpc) is 2.37. The average molecular weight is 265 g/mol. The number of amides is 1. The van der Waals surface area contributed by atoms with Crippen LogP contribution in [0, 0.1) is 11.8 Å². The number of aliphatic hydroxyl groups is 1. The zero-order valence-corrected chi connectivity index (χ0v) is 10.7. The summed E-state index contributed by atoms with van der Waals surface area (Å²) in [6, 6.07) is 7.30. The Morgan fingerprint density at radius 1 is 1.39 bits per heavy atom. The molecule has 0 aliphatic rings. The van der Waals surface area contributed by atoms with Crippen molar-refractivity contribution in [3.8, 4) is 17.6 Å². The second kappa shape index (κ2) is 8.45. The summed E-state index contributed by atoms with van der Waals surface area (Å²) in [6.45, 7) is 0.384. The number of thioether (sulfide) groups is 1. The molecule has 0 atom stereocenters. The Hall–Kier alpha value is -1.64. The standard InChI is InChI=1S/C13H15NO3S/c14-13(16)10-18-9-8-17-12-5-3-11(4-6-12)2-1-7-15/h3-6,15H,7-10H2,(H2,14,16). The SMILES string of the molecule is NC(=O)CSCCOc1ccc(C#CCO)cc1. The number of carbonyl (C=O) groups is 1. The van der Waals surface area contributed by atoms with Crippen molar-refractivity contribution >= 4 is 17.7 Å². The molecule has 0 bridgehead atoms. The molecule has 1 aromatic rings. The second-order valence-electron chi connectivity index (χ2n) is 3.35. The number of hydrogen-bond donors (Lipinski definition) is 2. The minimum Gasteiger partial charge on any atom is -0.493 e. The third kappa shape index (κ3) is 6.18. The fourth-order valence-electron chi connectivity index (χ4n) is 1.17. The van der Waals surface area contributed by atoms with E-state index in [4.69, 9.17) is 15.6 Å². The van der Waals surface area contributed by atoms with Gasteiger partial charge in [0.1, 0.15) is 12.4 Å². The number of ether oxygens (including phenoxy) is 1. The number of aliphatic hydroxyl groups excluding tert-OH is 1. The first-order valence-electron chi connectivity index (χ1n) is 5.41. The van der Waals surface area contributed by atoms with E-state index in [2.05, 4.69) is 11.8 Å². The van der Waals surface area contributed by atoms with Gasteiger partial charge >= 0.3 is 0 Å². The molecule has 96 valence electrons. The Kier molecular flexibility index (Phi) is 6.77. The number of carbonyl (C=O) groups excluding carboxylic acids is 1. The summed E-state index contributed by atoms with van der Waals surface area (Å²) in [7, 11) is 0. The fourth-order valence-corrected chi connectivity index (χ4v) is 1.71. The largest absolute Gasteiger partial charge is 0.493 e. The van der Waals surface area contributed by atoms with Crippen molar-refractivity contribution in [1.29, 1.82) is 0 Å². The van der Waals surface area contributed by atoms with Crippen LogP contribution in [-0.4, -0.2) is 35.7 Å². The van der Waals surface area contributed by atoms with Crippen molar-refractivity contribution in [3.63, 3.8) is 0 Å². The van der Waals surface area contributed by atoms with Gasteiger partial charge in [0.2, 0.25) is 5.91 Å². The van der Waals surface area contributed by atoms with Gasteiger partial charge < -0.3 is 15.6 Å². The van der Waals surface area contributed by atoms with Crippen molar-refractivity contribution in [3.05, 3.63) is 29.8 Å². The van der Waals surface area contributed by atoms with Gasteiger partial charge in [0.05, 0.1) is 12.4 Å². The monoisotopic (exact) mass is 265 g/mol. The summed E-state index contributed by atoms with van der Waals surface area (Å²) < 4.78 is 5.48. The molecule has 0 radical (unpaired) electrons. The Morgan fingerprint density at radius 3 is 2.72 bits per heavy atom. The molecule has 1 amide bonds. The van der Waals surface area contributed by atoms with Crippen LogP contribution in [0.25, 0.3) is 0 Å². The number of hydrogen-bond acceptors (Lipinski definition) is 4. The van der Waals surface area contributed by atoms with E-state index in [0.717, 1.165) is 17.1 Å². The molecule has 0 spiro atoms. The van der Waals surface area contributed by atoms with Crippen LogP contribution < -0.4 is 10.5 Å². The predicted octanol–water partition coefficient (Wildman–Crippen LogP) is 0.628. The highest BCUT2D eigenvalue weighted by atomic mass is 32.2. The minimum absolute atomic E-state index is 0.144. The summed E-state index contributed by atoms with van der Waals surface area (Å²) in [5.74, 6) is 6.85. The molecule has 1 aromatic carbocycles. The quantitative estimate of drug-likeness (QED) is 0.584. The van der Waals surface area contributed by atoms with Gasteiger partial charge in [-0.05, 0) is 24.3 Å². The van der Waals surface area contributed by atoms with Crippen molar-refractivity contribution in [2.45, 2.75) is 0 Å². The third-order valence-electron chi connectivity index (χ3n) is 1.91. The maximum Gasteiger partial charge on any atom is 0.227 e. The first-order chi connectivity index (χ1) is 8.72. The van der Waals surface area contributed by atoms with Crippen LogP contribution in [0.15, 0.2) is 24.3 Å². The molecule has 3 N–H and O–H groups in total. The highest BCUT2D eigenvalue weighted by Crippen LogP contribution is 2.12. The first kappa shape index (κ1) is 14.4. The number of primary amides is 1. The van der Waals surface area contributed by atoms with E-state index < -0.39 is 0 Å². The van der Waals surface area contributed by atoms with Gasteiger partial charge in [-0.1, -0.05) is 11.8 Å². The highest BCUT2D eigenvalue weighted by Gasteiger charge is 1.96. The smallest absolute Gasteiger partial charge is 0.227 e. The Labute approximate surface area is 111 Å². The lowest BCUT2D eigenvalue weighted by molar-refractivity contribution is -0.115. The number of nitrogens with two attached hydrogens (primary N) is 1. The third-order valence-corrected chi connectivity index (χ3v) is 2.85. The molecule has 18 heavy (non-hydrogen) atoms. The summed E-state index contributed by atoms with van der Waals surface area (Å²) in [4.78, 5) is 10.5. The maximum atomic E-state index is 10.5. The molecule has 1 rings (SSSR count). The van der Waals surface area contributed by atoms with E-state index in [9.17, 15) is 4.79 Å². The predicted molar refractivity (Wildman–Crippen MR) is 72.4 cm³/mol. The molecule has 0 fully saturated rings. The summed E-state index contributed by atoms with van der Waals surface area (Å²) in [6.07, 6.45) is 0. The van der Waals surface area contributed by atoms with Crippen LogP contribution in [0.1, 0.15) is 5.56 Å². The first-order valence-corrected chi connectivity index (χ1v) is 6.56. The Balaban J connectivity index is 2.28. The highest BCUT2D eigenvalue weighted by molar-refractivity contribution is 7.99. The van der Waals surface area contributed by atoms with Crippen molar-refractivity contribution in [2.75, 3.05) is 24.7 Å². The topological polar surface area (TPSA) is 72.6 Å². The lowest BCUT2D eigenvalue weighted by Gasteiger charge is -2.05. The van der Waals surface area contributed by atoms with E-state index in [1.165, 1.54) is 11.8 Å². The van der Waals surface area contributed by atoms with Crippen LogP contribution in [0.3, 0.4) is 0 Å². The Bertz CT molecular complexity index is 434. The summed E-state index contributed by atoms with van der Waals surface area (Å²) in [5.41, 5.74) is 5.84. The van der Waals surface area contributed by atoms with E-state index in [0.29, 0.717) is 12.4 Å². The minimum atomic E-state index is -0.313. The van der Waals surface area contributed by atoms with Gasteiger partial charge in [-0.2, -0.15) is 0 Å². The van der Waals surface area contributed by atoms with E-state index in [-0.39, 0.29) is 12.5 Å². The lowest BCUT2D eigenvalue weighted by Crippen LogP contribution is -2.14. The van der Waals surface area contributed by atoms with E-state index >= 15 is 0 Å². The molecule has 0 aliphatic carbocycles. The van der Waals surface area contributed by atoms with Gasteiger partial charge in [-0.25, -0.2) is 0 Å². The van der Waals surface area contributed by atoms with Crippen LogP contribution in [0.5, 0.6) is 5.75 Å². The van der Waals surface area contributed by atoms with Gasteiger partial charge in [0.15, 0.2) is 0 Å². The molecular weight excluding hydrogens is 250 g/mol. The molecule has 4 nitrogen and oxygen atoms in total. The van der Waals surface area contributed by atoms with Crippen LogP contribution in [0.4, 0.5) is 0 Å². The summed E-state index contributed by atoms with van der Waals surface area (Å²) >= 11 is 1.45. The molecule has 0 saturated heterocycles. The van der Waals surface area contributed by atoms with Gasteiger partial charge in [-0.3, -0.25) is 4.79 Å². The summed E-state index contributed by atoms with van der Waals surface area (Å²) in [5, 5.41) is 8.55. The zero-order chi connectivity index (χ0) is 13.2. The Morgan fingerprint density at radius 2 is 2.11 bits per heavy atom. The molecular formula is C13H15NO3S. The lowest BCUT2D eigenvalue weighted by atomic mass is 10.2. The van der Waals surface area contributed by atoms with Crippen molar-refractivity contribution < 1.29 is 14.6 Å². The van der Waals surface area contributed by atoms with Gasteiger partial charge in [0.25, 0.3) is 0 Å². The fraction of sp³-hybridized carbons (Fsp3) is 0.308. The van der Waals surface area contributed by atoms with E-state index in [1.54, 1.807) is 0 Å². The molecule has 5 heteroatoms. The van der Waals surface area contributed by atoms with Crippen molar-refractivity contribution in [2.24, 2.45) is 5.73 Å². The van der Waals surface area contributed by atoms with E-state index in [1.807, 2.05) is 24.3 Å². The zero-order valence-electron chi connectivity index (χ0n) is 9.89. The van der Waals surface area contributed by atoms with Gasteiger partial charge in [0, 0.05) is 11.3 Å². The number of benzene rings is 1. The molecule has 0 aromatic heterocycles. The maximum absolute atomic E-state index is 10.5.